The number of ether oxygens (including phenoxy) is 1. The second-order valence-corrected chi connectivity index (χ2v) is 5.73. The number of nitrogens with zero attached hydrogens (tertiary/aromatic N) is 3. The van der Waals surface area contributed by atoms with Crippen molar-refractivity contribution in [2.45, 2.75) is 40.2 Å². The number of hydrogen-bond donors (Lipinski definition) is 0. The molecule has 3 rings (SSSR count). The third-order valence-electron chi connectivity index (χ3n) is 2.44. The Balaban J connectivity index is 0.000000143. The minimum atomic E-state index is 0.319. The van der Waals surface area contributed by atoms with Crippen LogP contribution in [0, 0.1) is 0 Å². The van der Waals surface area contributed by atoms with Gasteiger partial charge in [0, 0.05) is 25.6 Å². The van der Waals surface area contributed by atoms with Crippen molar-refractivity contribution in [3.63, 3.8) is 0 Å². The van der Waals surface area contributed by atoms with Crippen LogP contribution in [0.4, 0.5) is 0 Å². The molecular weight excluding hydrogens is 262 g/mol. The fourth-order valence-electron chi connectivity index (χ4n) is 1.55. The Hall–Kier alpha value is -1.04. The van der Waals surface area contributed by atoms with E-state index in [9.17, 15) is 0 Å². The summed E-state index contributed by atoms with van der Waals surface area (Å²) in [5, 5.41) is 4.98. The topological polar surface area (TPSA) is 55.5 Å². The largest absolute Gasteiger partial charge is 0.479 e. The molecule has 1 unspecified atom stereocenters. The van der Waals surface area contributed by atoms with Crippen LogP contribution in [0.1, 0.15) is 34.1 Å². The van der Waals surface area contributed by atoms with Crippen LogP contribution in [0.15, 0.2) is 15.1 Å². The standard InChI is InChI=1S/C5H9NO.C4H7NO.C4H7NS/c1-4-3-5(2)7-6-4;2*1-4-5-2-3-6-4/h5H,3H2,1-2H3;2*2-3H2,1H3. The Morgan fingerprint density at radius 2 is 1.95 bits per heavy atom. The number of thioether (sulfide) groups is 1. The van der Waals surface area contributed by atoms with Crippen molar-refractivity contribution in [3.8, 4) is 0 Å². The molecule has 5 nitrogen and oxygen atoms in total. The summed E-state index contributed by atoms with van der Waals surface area (Å²) in [7, 11) is 0. The zero-order valence-electron chi connectivity index (χ0n) is 12.2. The maximum absolute atomic E-state index is 4.90. The molecule has 3 aliphatic heterocycles. The Kier molecular flexibility index (Phi) is 7.55. The van der Waals surface area contributed by atoms with Crippen molar-refractivity contribution in [2.75, 3.05) is 25.4 Å². The van der Waals surface area contributed by atoms with E-state index in [4.69, 9.17) is 9.57 Å². The zero-order chi connectivity index (χ0) is 14.1. The van der Waals surface area contributed by atoms with Crippen molar-refractivity contribution >= 4 is 28.4 Å². The van der Waals surface area contributed by atoms with Crippen LogP contribution in [-0.4, -0.2) is 48.2 Å². The molecule has 0 saturated carbocycles. The van der Waals surface area contributed by atoms with Crippen molar-refractivity contribution in [1.29, 1.82) is 0 Å². The first-order valence-electron chi connectivity index (χ1n) is 6.55. The predicted molar refractivity (Wildman–Crippen MR) is 82.6 cm³/mol. The maximum Gasteiger partial charge on any atom is 0.180 e. The lowest BCUT2D eigenvalue weighted by atomic mass is 10.2. The number of oxime groups is 1. The summed E-state index contributed by atoms with van der Waals surface area (Å²) >= 11 is 1.85. The molecule has 3 heterocycles. The lowest BCUT2D eigenvalue weighted by Crippen LogP contribution is -1.97. The van der Waals surface area contributed by atoms with Gasteiger partial charge in [0.25, 0.3) is 0 Å². The van der Waals surface area contributed by atoms with Gasteiger partial charge in [-0.3, -0.25) is 9.98 Å². The molecule has 0 bridgehead atoms. The summed E-state index contributed by atoms with van der Waals surface area (Å²) in [6.45, 7) is 10.6. The molecule has 0 aromatic rings. The van der Waals surface area contributed by atoms with Crippen LogP contribution in [0.25, 0.3) is 0 Å². The summed E-state index contributed by atoms with van der Waals surface area (Å²) in [5.41, 5.74) is 1.10. The van der Waals surface area contributed by atoms with Gasteiger partial charge >= 0.3 is 0 Å². The van der Waals surface area contributed by atoms with Crippen LogP contribution in [0.3, 0.4) is 0 Å². The van der Waals surface area contributed by atoms with E-state index in [0.717, 1.165) is 37.7 Å². The van der Waals surface area contributed by atoms with Crippen LogP contribution >= 0.6 is 11.8 Å². The van der Waals surface area contributed by atoms with Crippen molar-refractivity contribution in [3.05, 3.63) is 0 Å². The molecule has 3 aliphatic rings. The first-order chi connectivity index (χ1) is 9.08. The van der Waals surface area contributed by atoms with Crippen LogP contribution in [0.2, 0.25) is 0 Å². The summed E-state index contributed by atoms with van der Waals surface area (Å²) in [4.78, 5) is 12.9. The van der Waals surface area contributed by atoms with E-state index in [2.05, 4.69) is 22.1 Å². The van der Waals surface area contributed by atoms with Gasteiger partial charge in [-0.25, -0.2) is 0 Å². The molecular formula is C13H23N3O2S. The first kappa shape index (κ1) is 16.0. The molecule has 0 radical (unpaired) electrons. The highest BCUT2D eigenvalue weighted by molar-refractivity contribution is 8.14. The van der Waals surface area contributed by atoms with Crippen LogP contribution in [0.5, 0.6) is 0 Å². The van der Waals surface area contributed by atoms with Crippen molar-refractivity contribution in [2.24, 2.45) is 15.1 Å². The molecule has 0 saturated heterocycles. The third-order valence-corrected chi connectivity index (χ3v) is 3.38. The maximum atomic E-state index is 4.90. The highest BCUT2D eigenvalue weighted by Gasteiger charge is 2.10. The number of aliphatic imine (C=N–C) groups is 2. The lowest BCUT2D eigenvalue weighted by molar-refractivity contribution is 0.0995. The van der Waals surface area contributed by atoms with E-state index in [1.54, 1.807) is 0 Å². The smallest absolute Gasteiger partial charge is 0.180 e. The van der Waals surface area contributed by atoms with Gasteiger partial charge in [0.2, 0.25) is 0 Å². The van der Waals surface area contributed by atoms with Gasteiger partial charge in [0.15, 0.2) is 5.90 Å². The average Bonchev–Trinajstić information content (AvgIpc) is 3.07. The second kappa shape index (κ2) is 8.96. The second-order valence-electron chi connectivity index (χ2n) is 4.45. The minimum Gasteiger partial charge on any atom is -0.479 e. The Morgan fingerprint density at radius 1 is 1.16 bits per heavy atom. The van der Waals surface area contributed by atoms with Gasteiger partial charge in [-0.1, -0.05) is 5.16 Å². The van der Waals surface area contributed by atoms with E-state index in [0.29, 0.717) is 6.10 Å². The van der Waals surface area contributed by atoms with Gasteiger partial charge < -0.3 is 9.57 Å². The molecule has 108 valence electrons. The average molecular weight is 285 g/mol. The number of rotatable bonds is 0. The molecule has 0 aromatic heterocycles. The molecule has 0 amide bonds. The normalized spacial score (nSPS) is 23.8. The van der Waals surface area contributed by atoms with E-state index >= 15 is 0 Å². The minimum absolute atomic E-state index is 0.319. The quantitative estimate of drug-likeness (QED) is 0.687. The molecule has 0 spiro atoms. The molecule has 19 heavy (non-hydrogen) atoms. The van der Waals surface area contributed by atoms with E-state index in [1.807, 2.05) is 32.5 Å². The lowest BCUT2D eigenvalue weighted by Gasteiger charge is -1.93. The fourth-order valence-corrected chi connectivity index (χ4v) is 2.22. The summed E-state index contributed by atoms with van der Waals surface area (Å²) in [6.07, 6.45) is 1.32. The van der Waals surface area contributed by atoms with Gasteiger partial charge in [0.05, 0.1) is 17.3 Å². The van der Waals surface area contributed by atoms with E-state index in [-0.39, 0.29) is 0 Å². The molecule has 0 fully saturated rings. The van der Waals surface area contributed by atoms with Gasteiger partial charge in [-0.15, -0.1) is 11.8 Å². The van der Waals surface area contributed by atoms with Crippen LogP contribution < -0.4 is 0 Å². The Morgan fingerprint density at radius 3 is 2.11 bits per heavy atom. The van der Waals surface area contributed by atoms with E-state index in [1.165, 1.54) is 10.8 Å². The summed E-state index contributed by atoms with van der Waals surface area (Å²) < 4.78 is 4.90. The van der Waals surface area contributed by atoms with E-state index < -0.39 is 0 Å². The van der Waals surface area contributed by atoms with Gasteiger partial charge in [-0.2, -0.15) is 0 Å². The highest BCUT2D eigenvalue weighted by atomic mass is 32.2. The molecule has 6 heteroatoms. The van der Waals surface area contributed by atoms with Crippen molar-refractivity contribution < 1.29 is 9.57 Å². The van der Waals surface area contributed by atoms with Gasteiger partial charge in [0.1, 0.15) is 12.7 Å². The number of hydrogen-bond acceptors (Lipinski definition) is 6. The molecule has 0 N–H and O–H groups in total. The summed E-state index contributed by atoms with van der Waals surface area (Å²) in [6, 6.07) is 0. The Bertz CT molecular complexity index is 345. The zero-order valence-corrected chi connectivity index (χ0v) is 13.0. The predicted octanol–water partition coefficient (Wildman–Crippen LogP) is 2.76. The van der Waals surface area contributed by atoms with Gasteiger partial charge in [-0.05, 0) is 20.8 Å². The van der Waals surface area contributed by atoms with Crippen LogP contribution in [-0.2, 0) is 9.57 Å². The Labute approximate surface area is 119 Å². The molecule has 0 aliphatic carbocycles. The SMILES string of the molecule is CC1=NCCO1.CC1=NCCS1.CC1=NOC(C)C1. The highest BCUT2D eigenvalue weighted by Crippen LogP contribution is 2.09. The first-order valence-corrected chi connectivity index (χ1v) is 7.53. The molecule has 0 aromatic carbocycles. The third kappa shape index (κ3) is 7.87. The molecule has 1 atom stereocenters. The monoisotopic (exact) mass is 285 g/mol. The summed E-state index contributed by atoms with van der Waals surface area (Å²) in [5.74, 6) is 2.03. The fraction of sp³-hybridized carbons (Fsp3) is 0.769. The van der Waals surface area contributed by atoms with Crippen molar-refractivity contribution in [1.82, 2.24) is 0 Å².